The van der Waals surface area contributed by atoms with Gasteiger partial charge < -0.3 is 5.11 Å². The zero-order valence-corrected chi connectivity index (χ0v) is 7.66. The molecule has 1 N–H and O–H groups in total. The highest BCUT2D eigenvalue weighted by Gasteiger charge is 2.60. The van der Waals surface area contributed by atoms with Crippen LogP contribution in [-0.4, -0.2) is 39.8 Å². The maximum Gasteiger partial charge on any atom is 0.421 e. The Hall–Kier alpha value is -0.410. The lowest BCUT2D eigenvalue weighted by atomic mass is 10.4. The average Bonchev–Trinajstić information content (AvgIpc) is 2.01. The first-order valence-corrected chi connectivity index (χ1v) is 4.67. The van der Waals surface area contributed by atoms with Crippen molar-refractivity contribution in [1.29, 1.82) is 0 Å². The van der Waals surface area contributed by atoms with Crippen LogP contribution in [0.1, 0.15) is 0 Å². The smallest absolute Gasteiger partial charge is 0.378 e. The molecule has 0 aromatic rings. The third-order valence-electron chi connectivity index (χ3n) is 1.31. The van der Waals surface area contributed by atoms with Gasteiger partial charge in [-0.1, -0.05) is 0 Å². The van der Waals surface area contributed by atoms with Crippen LogP contribution in [-0.2, 0) is 14.0 Å². The van der Waals surface area contributed by atoms with Crippen LogP contribution >= 0.6 is 0 Å². The Morgan fingerprint density at radius 3 is 1.93 bits per heavy atom. The van der Waals surface area contributed by atoms with Gasteiger partial charge in [-0.3, -0.25) is 4.18 Å². The number of aliphatic hydroxyl groups is 1. The number of alkyl halides is 5. The summed E-state index contributed by atoms with van der Waals surface area (Å²) in [6.07, 6.45) is -9.66. The minimum Gasteiger partial charge on any atom is -0.378 e. The predicted octanol–water partition coefficient (Wildman–Crippen LogP) is 0.780. The van der Waals surface area contributed by atoms with Gasteiger partial charge in [-0.2, -0.15) is 22.0 Å². The molecule has 0 amide bonds. The predicted molar refractivity (Wildman–Crippen MR) is 39.3 cm³/mol. The molecule has 0 aromatic carbocycles. The number of hydrogen-bond donors (Lipinski definition) is 1. The molecule has 2 unspecified atom stereocenters. The highest BCUT2D eigenvalue weighted by atomic mass is 32.2. The van der Waals surface area contributed by atoms with E-state index in [2.05, 4.69) is 10.1 Å². The summed E-state index contributed by atoms with van der Waals surface area (Å²) in [5.41, 5.74) is 0. The fraction of sp³-hybridized carbons (Fsp3) is 0.800. The molecule has 14 heavy (non-hydrogen) atoms. The molecule has 0 fully saturated rings. The van der Waals surface area contributed by atoms with E-state index in [1.165, 1.54) is 0 Å². The van der Waals surface area contributed by atoms with Crippen LogP contribution in [0.15, 0.2) is 0 Å². The summed E-state index contributed by atoms with van der Waals surface area (Å²) in [5, 5.41) is 3.22. The molecule has 0 aliphatic carbocycles. The van der Waals surface area contributed by atoms with Gasteiger partial charge in [0.25, 0.3) is 0 Å². The number of halogens is 5. The van der Waals surface area contributed by atoms with E-state index in [9.17, 15) is 26.2 Å². The van der Waals surface area contributed by atoms with Crippen LogP contribution < -0.4 is 0 Å². The third kappa shape index (κ3) is 2.34. The van der Waals surface area contributed by atoms with E-state index >= 15 is 0 Å². The molecule has 0 aliphatic heterocycles. The maximum absolute atomic E-state index is 12.7. The molecule has 9 heteroatoms. The zero-order chi connectivity index (χ0) is 11.8. The second-order valence-electron chi connectivity index (χ2n) is 2.29. The SMILES string of the molecule is C=S(=O)(OC)C(F)(F)C(O)C(F)(F)F. The number of aliphatic hydroxyl groups excluding tert-OH is 1. The van der Waals surface area contributed by atoms with Crippen LogP contribution in [0, 0.1) is 0 Å². The van der Waals surface area contributed by atoms with Gasteiger partial charge in [0.1, 0.15) is 9.80 Å². The maximum atomic E-state index is 12.7. The molecule has 0 rings (SSSR count). The van der Waals surface area contributed by atoms with E-state index in [1.807, 2.05) is 0 Å². The van der Waals surface area contributed by atoms with Crippen LogP contribution in [0.5, 0.6) is 0 Å². The summed E-state index contributed by atoms with van der Waals surface area (Å²) in [7, 11) is -4.28. The van der Waals surface area contributed by atoms with Gasteiger partial charge in [0.15, 0.2) is 0 Å². The Morgan fingerprint density at radius 2 is 1.71 bits per heavy atom. The monoisotopic (exact) mass is 242 g/mol. The average molecular weight is 242 g/mol. The van der Waals surface area contributed by atoms with Gasteiger partial charge in [-0.25, -0.2) is 4.21 Å². The van der Waals surface area contributed by atoms with Gasteiger partial charge in [0.05, 0.1) is 7.11 Å². The zero-order valence-electron chi connectivity index (χ0n) is 6.85. The van der Waals surface area contributed by atoms with E-state index in [-0.39, 0.29) is 0 Å². The summed E-state index contributed by atoms with van der Waals surface area (Å²) in [6, 6.07) is 0. The van der Waals surface area contributed by atoms with Crippen molar-refractivity contribution in [3.8, 4) is 0 Å². The van der Waals surface area contributed by atoms with E-state index < -0.39 is 27.3 Å². The van der Waals surface area contributed by atoms with Crippen molar-refractivity contribution < 1.29 is 35.5 Å². The van der Waals surface area contributed by atoms with E-state index in [4.69, 9.17) is 5.11 Å². The van der Waals surface area contributed by atoms with Gasteiger partial charge in [0, 0.05) is 0 Å². The summed E-state index contributed by atoms with van der Waals surface area (Å²) in [5.74, 6) is 2.29. The highest BCUT2D eigenvalue weighted by Crippen LogP contribution is 2.36. The molecule has 0 aliphatic rings. The molecule has 0 saturated heterocycles. The van der Waals surface area contributed by atoms with Gasteiger partial charge in [-0.05, 0) is 5.87 Å². The first kappa shape index (κ1) is 13.6. The van der Waals surface area contributed by atoms with Crippen LogP contribution in [0.3, 0.4) is 0 Å². The fourth-order valence-electron chi connectivity index (χ4n) is 0.472. The van der Waals surface area contributed by atoms with E-state index in [0.717, 1.165) is 0 Å². The number of rotatable bonds is 3. The summed E-state index contributed by atoms with van der Waals surface area (Å²) in [4.78, 5) is 0. The molecule has 2 atom stereocenters. The molecule has 0 saturated carbocycles. The Bertz CT molecular complexity index is 293. The van der Waals surface area contributed by atoms with Gasteiger partial charge >= 0.3 is 11.4 Å². The lowest BCUT2D eigenvalue weighted by Crippen LogP contribution is -2.50. The molecule has 3 nitrogen and oxygen atoms in total. The standard InChI is InChI=1S/C5H7F5O3S/c1-13-14(2,12)5(9,10)3(11)4(6,7)8/h3,11H,2H2,1H3. The van der Waals surface area contributed by atoms with Crippen LogP contribution in [0.4, 0.5) is 22.0 Å². The Labute approximate surface area is 76.7 Å². The Kier molecular flexibility index (Phi) is 3.52. The fourth-order valence-corrected chi connectivity index (χ4v) is 1.17. The normalized spacial score (nSPS) is 20.2. The van der Waals surface area contributed by atoms with Crippen molar-refractivity contribution in [1.82, 2.24) is 0 Å². The molecular weight excluding hydrogens is 235 g/mol. The van der Waals surface area contributed by atoms with Crippen molar-refractivity contribution >= 4 is 15.7 Å². The second-order valence-corrected chi connectivity index (χ2v) is 4.39. The quantitative estimate of drug-likeness (QED) is 0.587. The topological polar surface area (TPSA) is 46.5 Å². The largest absolute Gasteiger partial charge is 0.421 e. The van der Waals surface area contributed by atoms with Crippen LogP contribution in [0.25, 0.3) is 0 Å². The van der Waals surface area contributed by atoms with Crippen LogP contribution in [0.2, 0.25) is 0 Å². The van der Waals surface area contributed by atoms with E-state index in [0.29, 0.717) is 7.11 Å². The highest BCUT2D eigenvalue weighted by molar-refractivity contribution is 7.97. The minimum absolute atomic E-state index is 0.506. The lowest BCUT2D eigenvalue weighted by molar-refractivity contribution is -0.247. The summed E-state index contributed by atoms with van der Waals surface area (Å²) < 4.78 is 74.7. The molecular formula is C5H7F5O3S. The van der Waals surface area contributed by atoms with Crippen molar-refractivity contribution in [2.45, 2.75) is 17.5 Å². The summed E-state index contributed by atoms with van der Waals surface area (Å²) >= 11 is 0. The molecule has 0 aromatic heterocycles. The van der Waals surface area contributed by atoms with E-state index in [1.54, 1.807) is 0 Å². The van der Waals surface area contributed by atoms with Crippen molar-refractivity contribution in [3.63, 3.8) is 0 Å². The van der Waals surface area contributed by atoms with Gasteiger partial charge in [-0.15, -0.1) is 0 Å². The molecule has 0 heterocycles. The first-order chi connectivity index (χ1) is 5.97. The molecule has 0 spiro atoms. The van der Waals surface area contributed by atoms with Crippen molar-refractivity contribution in [2.75, 3.05) is 7.11 Å². The van der Waals surface area contributed by atoms with Crippen molar-refractivity contribution in [2.24, 2.45) is 0 Å². The second kappa shape index (κ2) is 3.63. The lowest BCUT2D eigenvalue weighted by Gasteiger charge is -2.25. The number of hydrogen-bond acceptors (Lipinski definition) is 3. The Morgan fingerprint density at radius 1 is 1.36 bits per heavy atom. The molecule has 0 radical (unpaired) electrons. The molecule has 0 bridgehead atoms. The summed E-state index contributed by atoms with van der Waals surface area (Å²) in [6.45, 7) is 0. The minimum atomic E-state index is -5.59. The molecule has 86 valence electrons. The van der Waals surface area contributed by atoms with Crippen molar-refractivity contribution in [3.05, 3.63) is 0 Å². The first-order valence-electron chi connectivity index (χ1n) is 3.01. The van der Waals surface area contributed by atoms with Gasteiger partial charge in [0.2, 0.25) is 6.10 Å². The Balaban J connectivity index is 5.18. The third-order valence-corrected chi connectivity index (χ3v) is 2.90.